The van der Waals surface area contributed by atoms with Crippen molar-refractivity contribution in [2.45, 2.75) is 25.7 Å². The van der Waals surface area contributed by atoms with Gasteiger partial charge in [0.25, 0.3) is 0 Å². The molecule has 0 aromatic rings. The lowest BCUT2D eigenvalue weighted by Gasteiger charge is -2.28. The van der Waals surface area contributed by atoms with Crippen LogP contribution in [0.1, 0.15) is 25.7 Å². The largest absolute Gasteiger partial charge is 0.369 e. The molecular weight excluding hydrogens is 152 g/mol. The van der Waals surface area contributed by atoms with E-state index in [-0.39, 0.29) is 11.3 Å². The lowest BCUT2D eigenvalue weighted by Crippen LogP contribution is -2.38. The minimum absolute atomic E-state index is 0.0607. The molecule has 2 aliphatic rings. The summed E-state index contributed by atoms with van der Waals surface area (Å²) in [5.74, 6) is 0.505. The van der Waals surface area contributed by atoms with Crippen LogP contribution < -0.4 is 11.1 Å². The molecule has 1 saturated heterocycles. The number of piperidine rings is 1. The number of carbonyl (C=O) groups excluding carboxylic acids is 1. The molecule has 2 fully saturated rings. The fourth-order valence-corrected chi connectivity index (χ4v) is 2.37. The van der Waals surface area contributed by atoms with Crippen LogP contribution in [0.3, 0.4) is 0 Å². The SMILES string of the molecule is NC(=O)C1(C2CCNCC2)CC1. The summed E-state index contributed by atoms with van der Waals surface area (Å²) >= 11 is 0. The summed E-state index contributed by atoms with van der Waals surface area (Å²) in [7, 11) is 0. The Kier molecular flexibility index (Phi) is 1.83. The monoisotopic (exact) mass is 168 g/mol. The van der Waals surface area contributed by atoms with E-state index < -0.39 is 0 Å². The van der Waals surface area contributed by atoms with Gasteiger partial charge in [0.2, 0.25) is 5.91 Å². The van der Waals surface area contributed by atoms with Gasteiger partial charge in [-0.2, -0.15) is 0 Å². The number of carbonyl (C=O) groups is 1. The highest BCUT2D eigenvalue weighted by Gasteiger charge is 2.53. The first kappa shape index (κ1) is 8.05. The molecule has 1 amide bonds. The minimum Gasteiger partial charge on any atom is -0.369 e. The van der Waals surface area contributed by atoms with Gasteiger partial charge in [0.05, 0.1) is 5.41 Å². The molecule has 3 N–H and O–H groups in total. The highest BCUT2D eigenvalue weighted by atomic mass is 16.1. The van der Waals surface area contributed by atoms with Gasteiger partial charge in [-0.05, 0) is 44.7 Å². The van der Waals surface area contributed by atoms with Crippen molar-refractivity contribution in [3.63, 3.8) is 0 Å². The molecule has 0 aromatic heterocycles. The molecule has 1 aliphatic carbocycles. The number of hydrogen-bond acceptors (Lipinski definition) is 2. The summed E-state index contributed by atoms with van der Waals surface area (Å²) in [6.45, 7) is 2.11. The Bertz CT molecular complexity index is 193. The Labute approximate surface area is 72.7 Å². The van der Waals surface area contributed by atoms with Crippen LogP contribution >= 0.6 is 0 Å². The van der Waals surface area contributed by atoms with Crippen molar-refractivity contribution in [2.75, 3.05) is 13.1 Å². The van der Waals surface area contributed by atoms with E-state index in [1.54, 1.807) is 0 Å². The molecule has 1 saturated carbocycles. The second-order valence-electron chi connectivity index (χ2n) is 4.04. The maximum atomic E-state index is 11.2. The topological polar surface area (TPSA) is 55.1 Å². The highest BCUT2D eigenvalue weighted by molar-refractivity contribution is 5.83. The molecular formula is C9H16N2O. The predicted octanol–water partition coefficient (Wildman–Crippen LogP) is 0.251. The second kappa shape index (κ2) is 2.73. The summed E-state index contributed by atoms with van der Waals surface area (Å²) in [6.07, 6.45) is 4.33. The highest BCUT2D eigenvalue weighted by Crippen LogP contribution is 2.54. The van der Waals surface area contributed by atoms with Gasteiger partial charge in [0.1, 0.15) is 0 Å². The van der Waals surface area contributed by atoms with Gasteiger partial charge < -0.3 is 11.1 Å². The van der Waals surface area contributed by atoms with Crippen molar-refractivity contribution in [1.82, 2.24) is 5.32 Å². The third kappa shape index (κ3) is 1.12. The molecule has 2 rings (SSSR count). The summed E-state index contributed by atoms with van der Waals surface area (Å²) < 4.78 is 0. The van der Waals surface area contributed by atoms with E-state index in [9.17, 15) is 4.79 Å². The number of nitrogens with two attached hydrogens (primary N) is 1. The van der Waals surface area contributed by atoms with Crippen LogP contribution in [0.25, 0.3) is 0 Å². The third-order valence-electron chi connectivity index (χ3n) is 3.40. The van der Waals surface area contributed by atoms with Crippen LogP contribution in [0.15, 0.2) is 0 Å². The quantitative estimate of drug-likeness (QED) is 0.621. The molecule has 1 aliphatic heterocycles. The van der Waals surface area contributed by atoms with E-state index >= 15 is 0 Å². The number of hydrogen-bond donors (Lipinski definition) is 2. The Morgan fingerprint density at radius 1 is 1.33 bits per heavy atom. The first-order valence-corrected chi connectivity index (χ1v) is 4.76. The van der Waals surface area contributed by atoms with Crippen molar-refractivity contribution in [1.29, 1.82) is 0 Å². The zero-order chi connectivity index (χ0) is 8.60. The standard InChI is InChI=1S/C9H16N2O/c10-8(12)9(3-4-9)7-1-5-11-6-2-7/h7,11H,1-6H2,(H2,10,12). The van der Waals surface area contributed by atoms with E-state index in [1.807, 2.05) is 0 Å². The molecule has 0 aromatic carbocycles. The summed E-state index contributed by atoms with van der Waals surface area (Å²) in [6, 6.07) is 0. The Balaban J connectivity index is 2.02. The minimum atomic E-state index is -0.0812. The van der Waals surface area contributed by atoms with Gasteiger partial charge in [-0.3, -0.25) is 4.79 Å². The fourth-order valence-electron chi connectivity index (χ4n) is 2.37. The molecule has 0 unspecified atom stereocenters. The van der Waals surface area contributed by atoms with Crippen LogP contribution in [0.4, 0.5) is 0 Å². The van der Waals surface area contributed by atoms with Gasteiger partial charge in [0.15, 0.2) is 0 Å². The summed E-state index contributed by atoms with van der Waals surface area (Å²) in [5, 5.41) is 3.30. The molecule has 1 heterocycles. The van der Waals surface area contributed by atoms with Crippen molar-refractivity contribution in [3.8, 4) is 0 Å². The van der Waals surface area contributed by atoms with Crippen molar-refractivity contribution < 1.29 is 4.79 Å². The lowest BCUT2D eigenvalue weighted by molar-refractivity contribution is -0.125. The van der Waals surface area contributed by atoms with Gasteiger partial charge in [0, 0.05) is 0 Å². The van der Waals surface area contributed by atoms with Crippen LogP contribution in [-0.4, -0.2) is 19.0 Å². The Morgan fingerprint density at radius 3 is 2.33 bits per heavy atom. The maximum absolute atomic E-state index is 11.2. The van der Waals surface area contributed by atoms with E-state index in [0.717, 1.165) is 38.8 Å². The Hall–Kier alpha value is -0.570. The fraction of sp³-hybridized carbons (Fsp3) is 0.889. The lowest BCUT2D eigenvalue weighted by atomic mass is 9.81. The van der Waals surface area contributed by atoms with Crippen molar-refractivity contribution in [2.24, 2.45) is 17.1 Å². The first-order chi connectivity index (χ1) is 5.76. The maximum Gasteiger partial charge on any atom is 0.223 e. The normalized spacial score (nSPS) is 28.3. The average Bonchev–Trinajstić information content (AvgIpc) is 2.86. The predicted molar refractivity (Wildman–Crippen MR) is 46.5 cm³/mol. The number of rotatable bonds is 2. The molecule has 0 spiro atoms. The van der Waals surface area contributed by atoms with E-state index in [2.05, 4.69) is 5.32 Å². The molecule has 0 atom stereocenters. The van der Waals surface area contributed by atoms with E-state index in [0.29, 0.717) is 5.92 Å². The Morgan fingerprint density at radius 2 is 1.92 bits per heavy atom. The van der Waals surface area contributed by atoms with E-state index in [4.69, 9.17) is 5.73 Å². The van der Waals surface area contributed by atoms with Crippen molar-refractivity contribution >= 4 is 5.91 Å². The van der Waals surface area contributed by atoms with Crippen LogP contribution in [0.2, 0.25) is 0 Å². The van der Waals surface area contributed by atoms with E-state index in [1.165, 1.54) is 0 Å². The molecule has 0 bridgehead atoms. The molecule has 3 nitrogen and oxygen atoms in total. The number of nitrogens with one attached hydrogen (secondary N) is 1. The summed E-state index contributed by atoms with van der Waals surface area (Å²) in [5.41, 5.74) is 5.32. The first-order valence-electron chi connectivity index (χ1n) is 4.76. The second-order valence-corrected chi connectivity index (χ2v) is 4.04. The molecule has 0 radical (unpaired) electrons. The van der Waals surface area contributed by atoms with Crippen LogP contribution in [0, 0.1) is 11.3 Å². The molecule has 68 valence electrons. The molecule has 12 heavy (non-hydrogen) atoms. The zero-order valence-corrected chi connectivity index (χ0v) is 7.31. The summed E-state index contributed by atoms with van der Waals surface area (Å²) in [4.78, 5) is 11.2. The number of amides is 1. The van der Waals surface area contributed by atoms with Gasteiger partial charge >= 0.3 is 0 Å². The third-order valence-corrected chi connectivity index (χ3v) is 3.40. The van der Waals surface area contributed by atoms with Crippen LogP contribution in [0.5, 0.6) is 0 Å². The van der Waals surface area contributed by atoms with Crippen LogP contribution in [-0.2, 0) is 4.79 Å². The average molecular weight is 168 g/mol. The zero-order valence-electron chi connectivity index (χ0n) is 7.31. The van der Waals surface area contributed by atoms with Gasteiger partial charge in [-0.25, -0.2) is 0 Å². The van der Waals surface area contributed by atoms with Gasteiger partial charge in [-0.1, -0.05) is 0 Å². The number of primary amides is 1. The molecule has 3 heteroatoms. The van der Waals surface area contributed by atoms with Gasteiger partial charge in [-0.15, -0.1) is 0 Å². The smallest absolute Gasteiger partial charge is 0.223 e. The van der Waals surface area contributed by atoms with Crippen molar-refractivity contribution in [3.05, 3.63) is 0 Å².